The zero-order valence-electron chi connectivity index (χ0n) is 16.5. The van der Waals surface area contributed by atoms with Crippen molar-refractivity contribution < 1.29 is 18.8 Å². The largest absolute Gasteiger partial charge is 0.472 e. The summed E-state index contributed by atoms with van der Waals surface area (Å²) in [6, 6.07) is 3.67. The first kappa shape index (κ1) is 19.2. The number of amides is 1. The zero-order chi connectivity index (χ0) is 19.9. The lowest BCUT2D eigenvalue weighted by atomic mass is 10.2. The van der Waals surface area contributed by atoms with Gasteiger partial charge in [-0.1, -0.05) is 0 Å². The van der Waals surface area contributed by atoms with E-state index in [0.717, 1.165) is 18.5 Å². The Morgan fingerprint density at radius 2 is 2.11 bits per heavy atom. The lowest BCUT2D eigenvalue weighted by molar-refractivity contribution is -0.699. The van der Waals surface area contributed by atoms with Crippen LogP contribution in [0, 0.1) is 5.92 Å². The minimum absolute atomic E-state index is 0.119. The quantitative estimate of drug-likeness (QED) is 0.576. The molecule has 8 heteroatoms. The summed E-state index contributed by atoms with van der Waals surface area (Å²) in [5.41, 5.74) is 0.880. The minimum Gasteiger partial charge on any atom is -0.472 e. The van der Waals surface area contributed by atoms with Gasteiger partial charge in [-0.05, 0) is 62.2 Å². The molecule has 0 aromatic carbocycles. The third-order valence-corrected chi connectivity index (χ3v) is 5.26. The van der Waals surface area contributed by atoms with Crippen LogP contribution in [0.15, 0.2) is 18.5 Å². The van der Waals surface area contributed by atoms with E-state index in [2.05, 4.69) is 9.97 Å². The van der Waals surface area contributed by atoms with Gasteiger partial charge in [0.05, 0.1) is 13.1 Å². The molecule has 2 fully saturated rings. The van der Waals surface area contributed by atoms with Crippen molar-refractivity contribution >= 4 is 28.7 Å². The molecule has 1 saturated carbocycles. The van der Waals surface area contributed by atoms with E-state index in [4.69, 9.17) is 21.1 Å². The van der Waals surface area contributed by atoms with Crippen LogP contribution in [0.3, 0.4) is 0 Å². The summed E-state index contributed by atoms with van der Waals surface area (Å²) in [4.78, 5) is 22.9. The van der Waals surface area contributed by atoms with Crippen molar-refractivity contribution in [3.8, 4) is 5.88 Å². The first-order valence-electron chi connectivity index (χ1n) is 9.78. The molecule has 1 unspecified atom stereocenters. The number of hydrogen-bond acceptors (Lipinski definition) is 5. The Bertz CT molecular complexity index is 895. The number of carbonyl (C=O) groups excluding carboxylic acids is 1. The number of carbonyl (C=O) groups is 1. The third kappa shape index (κ3) is 4.46. The average molecular weight is 406 g/mol. The van der Waals surface area contributed by atoms with Crippen molar-refractivity contribution in [1.29, 1.82) is 0 Å². The molecular formula is C20H26ClN4O3+. The molecule has 1 aliphatic heterocycles. The van der Waals surface area contributed by atoms with Crippen LogP contribution in [0.25, 0.3) is 11.0 Å². The van der Waals surface area contributed by atoms with E-state index in [1.807, 2.05) is 31.4 Å². The lowest BCUT2D eigenvalue weighted by Crippen LogP contribution is -2.37. The molecule has 7 nitrogen and oxygen atoms in total. The average Bonchev–Trinajstić information content (AvgIpc) is 3.32. The molecule has 0 bridgehead atoms. The molecule has 1 saturated heterocycles. The molecule has 150 valence electrons. The van der Waals surface area contributed by atoms with Gasteiger partial charge >= 0.3 is 6.09 Å². The Morgan fingerprint density at radius 3 is 2.82 bits per heavy atom. The summed E-state index contributed by atoms with van der Waals surface area (Å²) in [6.07, 6.45) is 4.58. The summed E-state index contributed by atoms with van der Waals surface area (Å²) in [7, 11) is 0. The second-order valence-electron chi connectivity index (χ2n) is 8.60. The number of ether oxygens (including phenoxy) is 2. The number of nitrogens with zero attached hydrogens (tertiary/aromatic N) is 4. The minimum atomic E-state index is -0.504. The van der Waals surface area contributed by atoms with Gasteiger partial charge in [-0.25, -0.2) is 14.3 Å². The monoisotopic (exact) mass is 405 g/mol. The fourth-order valence-corrected chi connectivity index (χ4v) is 3.52. The SMILES string of the molecule is CC(C)(C)OC(=O)N1CCC(Oc2ccc3nc[n+](CC4CC4)c(Cl)c3n2)C1. The Labute approximate surface area is 169 Å². The predicted octanol–water partition coefficient (Wildman–Crippen LogP) is 3.37. The highest BCUT2D eigenvalue weighted by molar-refractivity contribution is 6.32. The van der Waals surface area contributed by atoms with Crippen LogP contribution in [0.4, 0.5) is 4.79 Å². The van der Waals surface area contributed by atoms with Crippen LogP contribution in [0.5, 0.6) is 5.88 Å². The van der Waals surface area contributed by atoms with Gasteiger partial charge in [0.25, 0.3) is 6.33 Å². The fraction of sp³-hybridized carbons (Fsp3) is 0.600. The van der Waals surface area contributed by atoms with Gasteiger partial charge in [0, 0.05) is 19.0 Å². The van der Waals surface area contributed by atoms with Crippen molar-refractivity contribution in [3.05, 3.63) is 23.6 Å². The Balaban J connectivity index is 1.44. The van der Waals surface area contributed by atoms with Crippen LogP contribution in [-0.2, 0) is 11.3 Å². The molecular weight excluding hydrogens is 380 g/mol. The van der Waals surface area contributed by atoms with Crippen LogP contribution >= 0.6 is 11.6 Å². The number of hydrogen-bond donors (Lipinski definition) is 0. The normalized spacial score (nSPS) is 19.9. The third-order valence-electron chi connectivity index (χ3n) is 4.87. The molecule has 2 aromatic heterocycles. The van der Waals surface area contributed by atoms with Crippen LogP contribution in [-0.4, -0.2) is 45.8 Å². The van der Waals surface area contributed by atoms with E-state index in [9.17, 15) is 4.79 Å². The molecule has 1 amide bonds. The fourth-order valence-electron chi connectivity index (χ4n) is 3.27. The van der Waals surface area contributed by atoms with Crippen molar-refractivity contribution in [3.63, 3.8) is 0 Å². The molecule has 0 N–H and O–H groups in total. The number of aromatic nitrogens is 3. The molecule has 4 rings (SSSR count). The topological polar surface area (TPSA) is 68.4 Å². The smallest absolute Gasteiger partial charge is 0.410 e. The van der Waals surface area contributed by atoms with E-state index < -0.39 is 5.60 Å². The molecule has 0 spiro atoms. The highest BCUT2D eigenvalue weighted by Crippen LogP contribution is 2.30. The molecule has 3 heterocycles. The Hall–Kier alpha value is -2.15. The summed E-state index contributed by atoms with van der Waals surface area (Å²) < 4.78 is 13.4. The summed E-state index contributed by atoms with van der Waals surface area (Å²) in [5.74, 6) is 1.19. The van der Waals surface area contributed by atoms with Crippen LogP contribution < -0.4 is 9.30 Å². The molecule has 1 atom stereocenters. The van der Waals surface area contributed by atoms with Gasteiger partial charge < -0.3 is 14.4 Å². The second-order valence-corrected chi connectivity index (χ2v) is 8.96. The van der Waals surface area contributed by atoms with E-state index in [0.29, 0.717) is 35.6 Å². The summed E-state index contributed by atoms with van der Waals surface area (Å²) in [5, 5.41) is 0.587. The van der Waals surface area contributed by atoms with Gasteiger partial charge in [-0.3, -0.25) is 0 Å². The highest BCUT2D eigenvalue weighted by Gasteiger charge is 2.31. The first-order valence-corrected chi connectivity index (χ1v) is 10.2. The van der Waals surface area contributed by atoms with E-state index in [1.54, 1.807) is 17.3 Å². The standard InChI is InChI=1S/C20H26ClN4O3/c1-20(2,3)28-19(26)24-9-8-14(11-24)27-16-7-6-15-17(23-16)18(21)25(12-22-15)10-13-4-5-13/h6-7,12-14H,4-5,8-11H2,1-3H3/q+1. The van der Waals surface area contributed by atoms with Crippen molar-refractivity contribution in [1.82, 2.24) is 14.9 Å². The summed E-state index contributed by atoms with van der Waals surface area (Å²) >= 11 is 6.56. The van der Waals surface area contributed by atoms with E-state index in [1.165, 1.54) is 12.8 Å². The van der Waals surface area contributed by atoms with Gasteiger partial charge in [0.1, 0.15) is 11.7 Å². The number of pyridine rings is 1. The van der Waals surface area contributed by atoms with E-state index >= 15 is 0 Å². The Kier molecular flexibility index (Phi) is 5.04. The molecule has 28 heavy (non-hydrogen) atoms. The molecule has 0 radical (unpaired) electrons. The predicted molar refractivity (Wildman–Crippen MR) is 104 cm³/mol. The molecule has 2 aliphatic rings. The maximum atomic E-state index is 12.2. The van der Waals surface area contributed by atoms with Crippen LogP contribution in [0.2, 0.25) is 5.15 Å². The first-order chi connectivity index (χ1) is 13.3. The van der Waals surface area contributed by atoms with Gasteiger partial charge in [0.15, 0.2) is 5.52 Å². The van der Waals surface area contributed by atoms with Gasteiger partial charge in [-0.2, -0.15) is 0 Å². The maximum Gasteiger partial charge on any atom is 0.410 e. The number of fused-ring (bicyclic) bond motifs is 1. The van der Waals surface area contributed by atoms with Crippen molar-refractivity contribution in [2.24, 2.45) is 5.92 Å². The Morgan fingerprint density at radius 1 is 1.32 bits per heavy atom. The maximum absolute atomic E-state index is 12.2. The molecule has 2 aromatic rings. The second kappa shape index (κ2) is 7.35. The van der Waals surface area contributed by atoms with Crippen LogP contribution in [0.1, 0.15) is 40.0 Å². The summed E-state index contributed by atoms with van der Waals surface area (Å²) in [6.45, 7) is 7.56. The highest BCUT2D eigenvalue weighted by atomic mass is 35.5. The van der Waals surface area contributed by atoms with Crippen molar-refractivity contribution in [2.75, 3.05) is 13.1 Å². The van der Waals surface area contributed by atoms with Gasteiger partial charge in [0.2, 0.25) is 16.5 Å². The van der Waals surface area contributed by atoms with E-state index in [-0.39, 0.29) is 12.2 Å². The molecule has 1 aliphatic carbocycles. The van der Waals surface area contributed by atoms with Gasteiger partial charge in [-0.15, -0.1) is 0 Å². The number of rotatable bonds is 4. The number of halogens is 1. The van der Waals surface area contributed by atoms with Crippen molar-refractivity contribution in [2.45, 2.75) is 58.3 Å². The lowest BCUT2D eigenvalue weighted by Gasteiger charge is -2.24. The number of likely N-dealkylation sites (tertiary alicyclic amines) is 1. The zero-order valence-corrected chi connectivity index (χ0v) is 17.3.